The monoisotopic (exact) mass is 197 g/mol. The van der Waals surface area contributed by atoms with E-state index in [4.69, 9.17) is 0 Å². The van der Waals surface area contributed by atoms with E-state index in [1.54, 1.807) is 6.33 Å². The van der Waals surface area contributed by atoms with Gasteiger partial charge in [0.25, 0.3) is 0 Å². The van der Waals surface area contributed by atoms with Crippen molar-refractivity contribution in [3.63, 3.8) is 0 Å². The largest absolute Gasteiger partial charge is 0.347 e. The third-order valence-electron chi connectivity index (χ3n) is 2.55. The summed E-state index contributed by atoms with van der Waals surface area (Å²) in [7, 11) is 0. The van der Waals surface area contributed by atoms with Crippen LogP contribution in [0.5, 0.6) is 0 Å². The molecular formula is C9H15N3S. The number of imidazole rings is 1. The number of thioether (sulfide) groups is 1. The molecule has 2 rings (SSSR count). The van der Waals surface area contributed by atoms with E-state index in [1.165, 1.54) is 5.75 Å². The van der Waals surface area contributed by atoms with E-state index in [0.717, 1.165) is 12.2 Å². The van der Waals surface area contributed by atoms with E-state index in [9.17, 15) is 0 Å². The van der Waals surface area contributed by atoms with Crippen LogP contribution in [0.3, 0.4) is 0 Å². The summed E-state index contributed by atoms with van der Waals surface area (Å²) in [4.78, 5) is 7.07. The molecule has 0 radical (unpaired) electrons. The van der Waals surface area contributed by atoms with Crippen molar-refractivity contribution in [1.82, 2.24) is 15.3 Å². The summed E-state index contributed by atoms with van der Waals surface area (Å²) >= 11 is 2.02. The van der Waals surface area contributed by atoms with Crippen LogP contribution in [0.4, 0.5) is 0 Å². The standard InChI is InChI=1S/C9H15N3S/c1-9(2)8(5-13-9)11-4-7-3-10-6-12-7/h3,6,8,11H,4-5H2,1-2H3,(H,10,12). The van der Waals surface area contributed by atoms with Crippen molar-refractivity contribution in [2.24, 2.45) is 0 Å². The quantitative estimate of drug-likeness (QED) is 0.769. The highest BCUT2D eigenvalue weighted by molar-refractivity contribution is 8.02. The highest BCUT2D eigenvalue weighted by atomic mass is 32.2. The Bertz CT molecular complexity index is 268. The second-order valence-electron chi connectivity index (χ2n) is 3.92. The van der Waals surface area contributed by atoms with Crippen LogP contribution >= 0.6 is 11.8 Å². The molecule has 1 saturated heterocycles. The van der Waals surface area contributed by atoms with Gasteiger partial charge in [0.1, 0.15) is 0 Å². The van der Waals surface area contributed by atoms with Crippen LogP contribution in [0.25, 0.3) is 0 Å². The van der Waals surface area contributed by atoms with Crippen LogP contribution in [0, 0.1) is 0 Å². The number of aromatic amines is 1. The van der Waals surface area contributed by atoms with Gasteiger partial charge in [-0.05, 0) is 13.8 Å². The van der Waals surface area contributed by atoms with Crippen molar-refractivity contribution in [2.75, 3.05) is 5.75 Å². The number of aromatic nitrogens is 2. The van der Waals surface area contributed by atoms with E-state index < -0.39 is 0 Å². The van der Waals surface area contributed by atoms with E-state index in [-0.39, 0.29) is 0 Å². The first-order chi connectivity index (χ1) is 6.18. The van der Waals surface area contributed by atoms with Crippen molar-refractivity contribution in [1.29, 1.82) is 0 Å². The highest BCUT2D eigenvalue weighted by Crippen LogP contribution is 2.39. The molecule has 0 saturated carbocycles. The van der Waals surface area contributed by atoms with E-state index in [0.29, 0.717) is 10.8 Å². The number of rotatable bonds is 3. The lowest BCUT2D eigenvalue weighted by atomic mass is 10.0. The summed E-state index contributed by atoms with van der Waals surface area (Å²) in [6.07, 6.45) is 3.59. The second kappa shape index (κ2) is 3.35. The topological polar surface area (TPSA) is 40.7 Å². The van der Waals surface area contributed by atoms with Crippen LogP contribution in [0.2, 0.25) is 0 Å². The predicted molar refractivity (Wildman–Crippen MR) is 55.8 cm³/mol. The lowest BCUT2D eigenvalue weighted by Crippen LogP contribution is -2.54. The molecule has 0 aliphatic carbocycles. The number of H-pyrrole nitrogens is 1. The minimum atomic E-state index is 0.403. The zero-order chi connectivity index (χ0) is 9.31. The van der Waals surface area contributed by atoms with Gasteiger partial charge in [0.15, 0.2) is 0 Å². The van der Waals surface area contributed by atoms with Gasteiger partial charge in [0.2, 0.25) is 0 Å². The third kappa shape index (κ3) is 1.89. The maximum atomic E-state index is 3.98. The minimum absolute atomic E-state index is 0.403. The predicted octanol–water partition coefficient (Wildman–Crippen LogP) is 1.39. The van der Waals surface area contributed by atoms with Gasteiger partial charge in [-0.25, -0.2) is 4.98 Å². The van der Waals surface area contributed by atoms with Crippen molar-refractivity contribution >= 4 is 11.8 Å². The highest BCUT2D eigenvalue weighted by Gasteiger charge is 2.38. The minimum Gasteiger partial charge on any atom is -0.347 e. The Kier molecular flexibility index (Phi) is 2.34. The summed E-state index contributed by atoms with van der Waals surface area (Å²) in [5.41, 5.74) is 1.16. The Morgan fingerprint density at radius 1 is 1.77 bits per heavy atom. The maximum Gasteiger partial charge on any atom is 0.0922 e. The molecule has 0 bridgehead atoms. The van der Waals surface area contributed by atoms with Crippen molar-refractivity contribution in [2.45, 2.75) is 31.2 Å². The van der Waals surface area contributed by atoms with Crippen LogP contribution in [0.1, 0.15) is 19.5 Å². The van der Waals surface area contributed by atoms with Crippen LogP contribution < -0.4 is 5.32 Å². The molecule has 0 aromatic carbocycles. The summed E-state index contributed by atoms with van der Waals surface area (Å²) in [5.74, 6) is 1.22. The first kappa shape index (κ1) is 9.09. The number of nitrogens with zero attached hydrogens (tertiary/aromatic N) is 1. The first-order valence-electron chi connectivity index (χ1n) is 4.53. The molecule has 1 aromatic heterocycles. The molecule has 1 atom stereocenters. The van der Waals surface area contributed by atoms with Gasteiger partial charge in [-0.2, -0.15) is 11.8 Å². The summed E-state index contributed by atoms with van der Waals surface area (Å²) in [5, 5.41) is 3.52. The van der Waals surface area contributed by atoms with Crippen LogP contribution in [-0.4, -0.2) is 26.5 Å². The maximum absolute atomic E-state index is 3.98. The summed E-state index contributed by atoms with van der Waals surface area (Å²) < 4.78 is 0.403. The van der Waals surface area contributed by atoms with Gasteiger partial charge < -0.3 is 10.3 Å². The van der Waals surface area contributed by atoms with E-state index in [2.05, 4.69) is 29.1 Å². The van der Waals surface area contributed by atoms with Gasteiger partial charge in [0, 0.05) is 35.0 Å². The molecular weight excluding hydrogens is 182 g/mol. The van der Waals surface area contributed by atoms with Crippen molar-refractivity contribution in [3.8, 4) is 0 Å². The van der Waals surface area contributed by atoms with Gasteiger partial charge in [-0.15, -0.1) is 0 Å². The molecule has 4 heteroatoms. The Morgan fingerprint density at radius 2 is 2.62 bits per heavy atom. The van der Waals surface area contributed by atoms with Crippen LogP contribution in [0.15, 0.2) is 12.5 Å². The Hall–Kier alpha value is -0.480. The van der Waals surface area contributed by atoms with E-state index >= 15 is 0 Å². The molecule has 1 aliphatic rings. The van der Waals surface area contributed by atoms with Gasteiger partial charge >= 0.3 is 0 Å². The van der Waals surface area contributed by atoms with Gasteiger partial charge in [0.05, 0.1) is 6.33 Å². The Morgan fingerprint density at radius 3 is 3.08 bits per heavy atom. The normalized spacial score (nSPS) is 25.5. The fourth-order valence-electron chi connectivity index (χ4n) is 1.42. The molecule has 72 valence electrons. The second-order valence-corrected chi connectivity index (χ2v) is 5.60. The number of hydrogen-bond acceptors (Lipinski definition) is 3. The molecule has 1 aliphatic heterocycles. The first-order valence-corrected chi connectivity index (χ1v) is 5.51. The molecule has 1 aromatic rings. The number of nitrogens with one attached hydrogen (secondary N) is 2. The van der Waals surface area contributed by atoms with Crippen molar-refractivity contribution < 1.29 is 0 Å². The summed E-state index contributed by atoms with van der Waals surface area (Å²) in [6, 6.07) is 0.640. The molecule has 1 fully saturated rings. The zero-order valence-electron chi connectivity index (χ0n) is 8.00. The molecule has 2 heterocycles. The lowest BCUT2D eigenvalue weighted by Gasteiger charge is -2.44. The SMILES string of the molecule is CC1(C)SCC1NCc1cnc[nH]1. The van der Waals surface area contributed by atoms with Gasteiger partial charge in [-0.1, -0.05) is 0 Å². The van der Waals surface area contributed by atoms with E-state index in [1.807, 2.05) is 18.0 Å². The molecule has 3 nitrogen and oxygen atoms in total. The fraction of sp³-hybridized carbons (Fsp3) is 0.667. The molecule has 1 unspecified atom stereocenters. The average Bonchev–Trinajstić information content (AvgIpc) is 2.55. The number of hydrogen-bond donors (Lipinski definition) is 2. The summed E-state index contributed by atoms with van der Waals surface area (Å²) in [6.45, 7) is 5.46. The fourth-order valence-corrected chi connectivity index (χ4v) is 2.62. The third-order valence-corrected chi connectivity index (χ3v) is 4.08. The van der Waals surface area contributed by atoms with Gasteiger partial charge in [-0.3, -0.25) is 0 Å². The Balaban J connectivity index is 1.81. The Labute approximate surface area is 82.7 Å². The molecule has 13 heavy (non-hydrogen) atoms. The zero-order valence-corrected chi connectivity index (χ0v) is 8.82. The molecule has 0 amide bonds. The van der Waals surface area contributed by atoms with Crippen LogP contribution in [-0.2, 0) is 6.54 Å². The lowest BCUT2D eigenvalue weighted by molar-refractivity contribution is 0.434. The average molecular weight is 197 g/mol. The molecule has 0 spiro atoms. The molecule has 2 N–H and O–H groups in total. The smallest absolute Gasteiger partial charge is 0.0922 e. The van der Waals surface area contributed by atoms with Crippen molar-refractivity contribution in [3.05, 3.63) is 18.2 Å².